The van der Waals surface area contributed by atoms with Crippen molar-refractivity contribution in [3.05, 3.63) is 42.5 Å². The van der Waals surface area contributed by atoms with Gasteiger partial charge in [-0.1, -0.05) is 6.07 Å². The van der Waals surface area contributed by atoms with E-state index in [4.69, 9.17) is 5.73 Å². The molecule has 0 atom stereocenters. The lowest BCUT2D eigenvalue weighted by atomic mass is 10.2. The topological polar surface area (TPSA) is 61.7 Å². The average Bonchev–Trinajstić information content (AvgIpc) is 2.93. The number of nitrogen functional groups attached to an aromatic ring is 1. The van der Waals surface area contributed by atoms with Crippen LogP contribution in [0, 0.1) is 6.92 Å². The third-order valence-electron chi connectivity index (χ3n) is 3.07. The smallest absolute Gasteiger partial charge is 0.201 e. The van der Waals surface area contributed by atoms with Crippen LogP contribution in [-0.4, -0.2) is 19.1 Å². The third-order valence-corrected chi connectivity index (χ3v) is 3.07. The Hall–Kier alpha value is -2.30. The first kappa shape index (κ1) is 10.8. The number of aryl methyl sites for hydroxylation is 3. The summed E-state index contributed by atoms with van der Waals surface area (Å²) in [6.07, 6.45) is 5.53. The molecule has 0 spiro atoms. The Bertz CT molecular complexity index is 666. The zero-order chi connectivity index (χ0) is 12.5. The van der Waals surface area contributed by atoms with Gasteiger partial charge in [-0.15, -0.1) is 0 Å². The van der Waals surface area contributed by atoms with Crippen molar-refractivity contribution in [3.8, 4) is 0 Å². The second-order valence-corrected chi connectivity index (χ2v) is 4.41. The molecule has 3 rings (SSSR count). The van der Waals surface area contributed by atoms with Crippen LogP contribution in [0.5, 0.6) is 0 Å². The maximum Gasteiger partial charge on any atom is 0.201 e. The Balaban J connectivity index is 1.93. The van der Waals surface area contributed by atoms with E-state index < -0.39 is 0 Å². The van der Waals surface area contributed by atoms with Crippen LogP contribution >= 0.6 is 0 Å². The molecule has 0 aliphatic heterocycles. The second-order valence-electron chi connectivity index (χ2n) is 4.41. The van der Waals surface area contributed by atoms with Crippen molar-refractivity contribution >= 4 is 17.0 Å². The van der Waals surface area contributed by atoms with E-state index in [0.717, 1.165) is 24.1 Å². The minimum atomic E-state index is 0.565. The van der Waals surface area contributed by atoms with E-state index in [1.165, 1.54) is 5.56 Å². The number of nitrogens with two attached hydrogens (primary N) is 1. The minimum Gasteiger partial charge on any atom is -0.369 e. The number of imidazole rings is 2. The highest BCUT2D eigenvalue weighted by atomic mass is 15.2. The van der Waals surface area contributed by atoms with Crippen LogP contribution in [0.4, 0.5) is 5.95 Å². The average molecular weight is 241 g/mol. The van der Waals surface area contributed by atoms with E-state index in [1.54, 1.807) is 12.5 Å². The van der Waals surface area contributed by atoms with Crippen molar-refractivity contribution < 1.29 is 0 Å². The fourth-order valence-electron chi connectivity index (χ4n) is 2.13. The van der Waals surface area contributed by atoms with E-state index >= 15 is 0 Å². The van der Waals surface area contributed by atoms with Gasteiger partial charge >= 0.3 is 0 Å². The van der Waals surface area contributed by atoms with Gasteiger partial charge in [-0.05, 0) is 24.6 Å². The predicted molar refractivity (Wildman–Crippen MR) is 71.1 cm³/mol. The highest BCUT2D eigenvalue weighted by Crippen LogP contribution is 2.19. The van der Waals surface area contributed by atoms with E-state index in [-0.39, 0.29) is 0 Å². The normalized spacial score (nSPS) is 11.2. The number of hydrogen-bond acceptors (Lipinski definition) is 3. The van der Waals surface area contributed by atoms with Crippen LogP contribution in [0.1, 0.15) is 5.56 Å². The molecule has 0 bridgehead atoms. The summed E-state index contributed by atoms with van der Waals surface area (Å²) in [5.74, 6) is 0.565. The lowest BCUT2D eigenvalue weighted by Gasteiger charge is -2.07. The fourth-order valence-corrected chi connectivity index (χ4v) is 2.13. The van der Waals surface area contributed by atoms with E-state index in [2.05, 4.69) is 35.1 Å². The number of aromatic nitrogens is 4. The predicted octanol–water partition coefficient (Wildman–Crippen LogP) is 1.82. The zero-order valence-corrected chi connectivity index (χ0v) is 10.2. The number of hydrogen-bond donors (Lipinski definition) is 1. The molecule has 0 aliphatic rings. The molecular formula is C13H15N5. The monoisotopic (exact) mass is 241 g/mol. The quantitative estimate of drug-likeness (QED) is 0.761. The lowest BCUT2D eigenvalue weighted by molar-refractivity contribution is 0.594. The molecule has 0 amide bonds. The summed E-state index contributed by atoms with van der Waals surface area (Å²) in [6, 6.07) is 6.21. The van der Waals surface area contributed by atoms with Gasteiger partial charge in [0, 0.05) is 25.5 Å². The summed E-state index contributed by atoms with van der Waals surface area (Å²) < 4.78 is 4.06. The van der Waals surface area contributed by atoms with Gasteiger partial charge < -0.3 is 14.9 Å². The van der Waals surface area contributed by atoms with Crippen molar-refractivity contribution in [2.45, 2.75) is 20.0 Å². The van der Waals surface area contributed by atoms with E-state index in [9.17, 15) is 0 Å². The SMILES string of the molecule is Cc1ccc2c(c1)nc(N)n2CCn1ccnc1. The molecule has 18 heavy (non-hydrogen) atoms. The van der Waals surface area contributed by atoms with Gasteiger partial charge in [0.2, 0.25) is 5.95 Å². The molecule has 0 unspecified atom stereocenters. The highest BCUT2D eigenvalue weighted by Gasteiger charge is 2.07. The van der Waals surface area contributed by atoms with Gasteiger partial charge in [0.25, 0.3) is 0 Å². The first-order valence-electron chi connectivity index (χ1n) is 5.92. The molecule has 0 saturated heterocycles. The van der Waals surface area contributed by atoms with Gasteiger partial charge in [0.1, 0.15) is 0 Å². The van der Waals surface area contributed by atoms with Crippen molar-refractivity contribution in [2.75, 3.05) is 5.73 Å². The third kappa shape index (κ3) is 1.84. The Kier molecular flexibility index (Phi) is 2.51. The molecule has 0 radical (unpaired) electrons. The summed E-state index contributed by atoms with van der Waals surface area (Å²) in [4.78, 5) is 8.42. The molecule has 5 nitrogen and oxygen atoms in total. The lowest BCUT2D eigenvalue weighted by Crippen LogP contribution is -2.08. The van der Waals surface area contributed by atoms with Crippen molar-refractivity contribution in [2.24, 2.45) is 0 Å². The first-order valence-corrected chi connectivity index (χ1v) is 5.92. The van der Waals surface area contributed by atoms with Gasteiger partial charge in [0.05, 0.1) is 17.4 Å². The Morgan fingerprint density at radius 2 is 2.17 bits per heavy atom. The molecule has 0 fully saturated rings. The minimum absolute atomic E-state index is 0.565. The van der Waals surface area contributed by atoms with Crippen LogP contribution in [0.3, 0.4) is 0 Å². The standard InChI is InChI=1S/C13H15N5/c1-10-2-3-12-11(8-10)16-13(14)18(12)7-6-17-5-4-15-9-17/h2-5,8-9H,6-7H2,1H3,(H2,14,16). The van der Waals surface area contributed by atoms with Crippen molar-refractivity contribution in [1.29, 1.82) is 0 Å². The highest BCUT2D eigenvalue weighted by molar-refractivity contribution is 5.79. The molecular weight excluding hydrogens is 226 g/mol. The molecule has 0 saturated carbocycles. The number of benzene rings is 1. The number of anilines is 1. The number of nitrogens with zero attached hydrogens (tertiary/aromatic N) is 4. The fraction of sp³-hybridized carbons (Fsp3) is 0.231. The zero-order valence-electron chi connectivity index (χ0n) is 10.2. The van der Waals surface area contributed by atoms with Gasteiger partial charge in [-0.25, -0.2) is 9.97 Å². The van der Waals surface area contributed by atoms with Crippen LogP contribution in [0.15, 0.2) is 36.9 Å². The molecule has 2 heterocycles. The summed E-state index contributed by atoms with van der Waals surface area (Å²) in [7, 11) is 0. The first-order chi connectivity index (χ1) is 8.74. The summed E-state index contributed by atoms with van der Waals surface area (Å²) in [5.41, 5.74) is 9.20. The largest absolute Gasteiger partial charge is 0.369 e. The molecule has 5 heteroatoms. The van der Waals surface area contributed by atoms with Gasteiger partial charge in [-0.3, -0.25) is 0 Å². The van der Waals surface area contributed by atoms with Crippen LogP contribution in [-0.2, 0) is 13.1 Å². The molecule has 2 aromatic heterocycles. The Morgan fingerprint density at radius 1 is 1.28 bits per heavy atom. The van der Waals surface area contributed by atoms with Gasteiger partial charge in [0.15, 0.2) is 0 Å². The van der Waals surface area contributed by atoms with Crippen molar-refractivity contribution in [3.63, 3.8) is 0 Å². The maximum absolute atomic E-state index is 5.97. The summed E-state index contributed by atoms with van der Waals surface area (Å²) in [5, 5.41) is 0. The molecule has 92 valence electrons. The van der Waals surface area contributed by atoms with Gasteiger partial charge in [-0.2, -0.15) is 0 Å². The van der Waals surface area contributed by atoms with E-state index in [1.807, 2.05) is 15.3 Å². The van der Waals surface area contributed by atoms with Crippen LogP contribution < -0.4 is 5.73 Å². The molecule has 2 N–H and O–H groups in total. The van der Waals surface area contributed by atoms with Crippen molar-refractivity contribution in [1.82, 2.24) is 19.1 Å². The molecule has 0 aliphatic carbocycles. The number of fused-ring (bicyclic) bond motifs is 1. The summed E-state index contributed by atoms with van der Waals surface area (Å²) in [6.45, 7) is 3.69. The van der Waals surface area contributed by atoms with Crippen LogP contribution in [0.25, 0.3) is 11.0 Å². The molecule has 1 aromatic carbocycles. The second kappa shape index (κ2) is 4.18. The number of rotatable bonds is 3. The Labute approximate surface area is 105 Å². The Morgan fingerprint density at radius 3 is 2.94 bits per heavy atom. The maximum atomic E-state index is 5.97. The summed E-state index contributed by atoms with van der Waals surface area (Å²) >= 11 is 0. The molecule has 3 aromatic rings. The van der Waals surface area contributed by atoms with E-state index in [0.29, 0.717) is 5.95 Å². The van der Waals surface area contributed by atoms with Crippen LogP contribution in [0.2, 0.25) is 0 Å².